The van der Waals surface area contributed by atoms with E-state index in [1.165, 1.54) is 0 Å². The van der Waals surface area contributed by atoms with Crippen LogP contribution in [-0.2, 0) is 19.9 Å². The zero-order valence-electron chi connectivity index (χ0n) is 13.5. The average molecular weight is 367 g/mol. The van der Waals surface area contributed by atoms with Crippen molar-refractivity contribution in [2.45, 2.75) is 43.1 Å². The molecule has 9 heteroatoms. The third-order valence-electron chi connectivity index (χ3n) is 3.20. The minimum Gasteiger partial charge on any atom is -0.393 e. The quantitative estimate of drug-likeness (QED) is 0.757. The maximum absolute atomic E-state index is 13.8. The Morgan fingerprint density at radius 1 is 1.26 bits per heavy atom. The molecule has 1 rings (SSSR count). The summed E-state index contributed by atoms with van der Waals surface area (Å²) in [5.41, 5.74) is -0.494. The second-order valence-corrected chi connectivity index (χ2v) is 10.2. The van der Waals surface area contributed by atoms with Gasteiger partial charge in [-0.3, -0.25) is 0 Å². The third kappa shape index (κ3) is 5.83. The molecule has 0 radical (unpaired) electrons. The van der Waals surface area contributed by atoms with Crippen LogP contribution in [0.25, 0.3) is 0 Å². The van der Waals surface area contributed by atoms with Crippen molar-refractivity contribution in [3.05, 3.63) is 24.0 Å². The molecular weight excluding hydrogens is 345 g/mol. The maximum atomic E-state index is 13.8. The number of rotatable bonds is 7. The van der Waals surface area contributed by atoms with E-state index >= 15 is 0 Å². The molecule has 1 atom stereocenters. The standard InChI is InChI=1S/C14H22FNO5S2/c1-10(17)8-14(2,3)9-16-23(20,21)11-5-6-13(12(15)7-11)22(4,18)19/h5-7,10,16-17H,8-9H2,1-4H3/t10-/m0/s1. The first-order valence-corrected chi connectivity index (χ1v) is 10.3. The summed E-state index contributed by atoms with van der Waals surface area (Å²) in [4.78, 5) is -0.902. The molecule has 0 saturated heterocycles. The fourth-order valence-corrected chi connectivity index (χ4v) is 4.18. The number of hydrogen-bond acceptors (Lipinski definition) is 5. The highest BCUT2D eigenvalue weighted by molar-refractivity contribution is 7.90. The number of aliphatic hydroxyl groups excluding tert-OH is 1. The minimum absolute atomic E-state index is 0.0513. The topological polar surface area (TPSA) is 101 Å². The van der Waals surface area contributed by atoms with E-state index in [0.29, 0.717) is 12.5 Å². The van der Waals surface area contributed by atoms with Gasteiger partial charge in [0.1, 0.15) is 10.7 Å². The molecule has 0 saturated carbocycles. The van der Waals surface area contributed by atoms with Crippen molar-refractivity contribution in [1.29, 1.82) is 0 Å². The zero-order chi connectivity index (χ0) is 18.1. The van der Waals surface area contributed by atoms with Gasteiger partial charge in [-0.2, -0.15) is 0 Å². The van der Waals surface area contributed by atoms with Crippen molar-refractivity contribution in [2.24, 2.45) is 5.41 Å². The van der Waals surface area contributed by atoms with Gasteiger partial charge >= 0.3 is 0 Å². The first kappa shape index (κ1) is 20.0. The smallest absolute Gasteiger partial charge is 0.240 e. The van der Waals surface area contributed by atoms with E-state index in [2.05, 4.69) is 4.72 Å². The SMILES string of the molecule is C[C@H](O)CC(C)(C)CNS(=O)(=O)c1ccc(S(C)(=O)=O)c(F)c1. The van der Waals surface area contributed by atoms with Crippen LogP contribution in [-0.4, -0.2) is 40.8 Å². The molecule has 0 spiro atoms. The summed E-state index contributed by atoms with van der Waals surface area (Å²) in [7, 11) is -7.74. The second-order valence-electron chi connectivity index (χ2n) is 6.41. The molecule has 0 aromatic heterocycles. The summed E-state index contributed by atoms with van der Waals surface area (Å²) in [5.74, 6) is -1.11. The van der Waals surface area contributed by atoms with Crippen LogP contribution in [0.1, 0.15) is 27.2 Å². The van der Waals surface area contributed by atoms with Gasteiger partial charge in [0, 0.05) is 12.8 Å². The van der Waals surface area contributed by atoms with Gasteiger partial charge in [-0.05, 0) is 37.0 Å². The molecular formula is C14H22FNO5S2. The van der Waals surface area contributed by atoms with E-state index < -0.39 is 42.1 Å². The lowest BCUT2D eigenvalue weighted by atomic mass is 9.87. The van der Waals surface area contributed by atoms with Gasteiger partial charge in [-0.1, -0.05) is 13.8 Å². The number of nitrogens with one attached hydrogen (secondary N) is 1. The van der Waals surface area contributed by atoms with Crippen LogP contribution in [0, 0.1) is 11.2 Å². The fourth-order valence-electron chi connectivity index (χ4n) is 2.20. The van der Waals surface area contributed by atoms with Crippen LogP contribution < -0.4 is 4.72 Å². The fraction of sp³-hybridized carbons (Fsp3) is 0.571. The minimum atomic E-state index is -3.98. The Morgan fingerprint density at radius 3 is 2.26 bits per heavy atom. The normalized spacial score (nSPS) is 14.7. The molecule has 1 aromatic rings. The van der Waals surface area contributed by atoms with Gasteiger partial charge in [-0.25, -0.2) is 25.9 Å². The van der Waals surface area contributed by atoms with Crippen LogP contribution in [0.5, 0.6) is 0 Å². The highest BCUT2D eigenvalue weighted by Crippen LogP contribution is 2.23. The van der Waals surface area contributed by atoms with Crippen LogP contribution in [0.3, 0.4) is 0 Å². The van der Waals surface area contributed by atoms with Gasteiger partial charge in [0.2, 0.25) is 10.0 Å². The number of benzene rings is 1. The van der Waals surface area contributed by atoms with E-state index in [9.17, 15) is 26.3 Å². The van der Waals surface area contributed by atoms with E-state index in [0.717, 1.165) is 18.4 Å². The summed E-state index contributed by atoms with van der Waals surface area (Å²) in [6.07, 6.45) is 0.647. The Bertz CT molecular complexity index is 770. The molecule has 132 valence electrons. The maximum Gasteiger partial charge on any atom is 0.240 e. The molecule has 0 amide bonds. The van der Waals surface area contributed by atoms with Gasteiger partial charge in [0.05, 0.1) is 11.0 Å². The van der Waals surface area contributed by atoms with E-state index in [1.807, 2.05) is 0 Å². The Balaban J connectivity index is 3.00. The van der Waals surface area contributed by atoms with Crippen LogP contribution in [0.4, 0.5) is 4.39 Å². The third-order valence-corrected chi connectivity index (χ3v) is 5.73. The first-order valence-electron chi connectivity index (χ1n) is 6.92. The Hall–Kier alpha value is -1.03. The molecule has 0 unspecified atom stereocenters. The largest absolute Gasteiger partial charge is 0.393 e. The monoisotopic (exact) mass is 367 g/mol. The number of sulfone groups is 1. The summed E-state index contributed by atoms with van der Waals surface area (Å²) >= 11 is 0. The lowest BCUT2D eigenvalue weighted by Gasteiger charge is -2.26. The Morgan fingerprint density at radius 2 is 1.83 bits per heavy atom. The predicted octanol–water partition coefficient (Wildman–Crippen LogP) is 1.30. The Kier molecular flexibility index (Phi) is 5.95. The average Bonchev–Trinajstić information content (AvgIpc) is 2.33. The van der Waals surface area contributed by atoms with Gasteiger partial charge < -0.3 is 5.11 Å². The van der Waals surface area contributed by atoms with Crippen molar-refractivity contribution in [2.75, 3.05) is 12.8 Å². The van der Waals surface area contributed by atoms with Gasteiger partial charge in [0.25, 0.3) is 0 Å². The second kappa shape index (κ2) is 6.84. The van der Waals surface area contributed by atoms with E-state index in [-0.39, 0.29) is 11.4 Å². The molecule has 2 N–H and O–H groups in total. The van der Waals surface area contributed by atoms with Crippen molar-refractivity contribution in [1.82, 2.24) is 4.72 Å². The lowest BCUT2D eigenvalue weighted by molar-refractivity contribution is 0.131. The first-order chi connectivity index (χ1) is 10.2. The molecule has 1 aromatic carbocycles. The van der Waals surface area contributed by atoms with Crippen molar-refractivity contribution in [3.63, 3.8) is 0 Å². The number of sulfonamides is 1. The highest BCUT2D eigenvalue weighted by Gasteiger charge is 2.25. The molecule has 0 bridgehead atoms. The van der Waals surface area contributed by atoms with Crippen LogP contribution in [0.2, 0.25) is 0 Å². The van der Waals surface area contributed by atoms with Crippen molar-refractivity contribution in [3.8, 4) is 0 Å². The van der Waals surface area contributed by atoms with E-state index in [1.54, 1.807) is 20.8 Å². The molecule has 0 heterocycles. The number of hydrogen-bond donors (Lipinski definition) is 2. The van der Waals surface area contributed by atoms with Crippen LogP contribution in [0.15, 0.2) is 28.0 Å². The molecule has 0 fully saturated rings. The molecule has 6 nitrogen and oxygen atoms in total. The summed E-state index contributed by atoms with van der Waals surface area (Å²) < 4.78 is 63.2. The molecule has 0 aliphatic carbocycles. The molecule has 23 heavy (non-hydrogen) atoms. The summed E-state index contributed by atoms with van der Waals surface area (Å²) in [6.45, 7) is 5.23. The lowest BCUT2D eigenvalue weighted by Crippen LogP contribution is -2.35. The van der Waals surface area contributed by atoms with E-state index in [4.69, 9.17) is 0 Å². The summed E-state index contributed by atoms with van der Waals surface area (Å²) in [5, 5.41) is 9.39. The molecule has 0 aliphatic rings. The van der Waals surface area contributed by atoms with Gasteiger partial charge in [-0.15, -0.1) is 0 Å². The molecule has 0 aliphatic heterocycles. The van der Waals surface area contributed by atoms with Crippen molar-refractivity contribution >= 4 is 19.9 Å². The van der Waals surface area contributed by atoms with Crippen LogP contribution >= 0.6 is 0 Å². The number of aliphatic hydroxyl groups is 1. The highest BCUT2D eigenvalue weighted by atomic mass is 32.2. The number of halogens is 1. The van der Waals surface area contributed by atoms with Gasteiger partial charge in [0.15, 0.2) is 9.84 Å². The Labute approximate surface area is 136 Å². The predicted molar refractivity (Wildman–Crippen MR) is 84.8 cm³/mol. The zero-order valence-corrected chi connectivity index (χ0v) is 15.1. The summed E-state index contributed by atoms with van der Waals surface area (Å²) in [6, 6.07) is 2.66. The van der Waals surface area contributed by atoms with Crippen molar-refractivity contribution < 1.29 is 26.3 Å².